The Labute approximate surface area is 330 Å². The summed E-state index contributed by atoms with van der Waals surface area (Å²) < 4.78 is 32.4. The summed E-state index contributed by atoms with van der Waals surface area (Å²) in [7, 11) is 0. The lowest BCUT2D eigenvalue weighted by Gasteiger charge is -2.33. The minimum atomic E-state index is -1.89. The van der Waals surface area contributed by atoms with Crippen LogP contribution in [0.3, 0.4) is 0 Å². The number of nitrogens with zero attached hydrogens (tertiary/aromatic N) is 1. The van der Waals surface area contributed by atoms with E-state index < -0.39 is 112 Å². The van der Waals surface area contributed by atoms with Crippen molar-refractivity contribution in [2.75, 3.05) is 125 Å². The van der Waals surface area contributed by atoms with Gasteiger partial charge in [0.05, 0.1) is 117 Å². The zero-order chi connectivity index (χ0) is 43.2. The average molecular weight is 845 g/mol. The van der Waals surface area contributed by atoms with Crippen LogP contribution in [-0.2, 0) is 33.2 Å². The number of hydrogen-bond acceptors (Lipinski definition) is 23. The lowest BCUT2D eigenvalue weighted by atomic mass is 10.0. The highest BCUT2D eigenvalue weighted by Gasteiger charge is 2.34. The van der Waals surface area contributed by atoms with Crippen molar-refractivity contribution in [3.05, 3.63) is 0 Å². The molecule has 24 heteroatoms. The molecule has 0 spiro atoms. The smallest absolute Gasteiger partial charge is 0.222 e. The molecule has 12 atom stereocenters. The number of aliphatic hydroxyl groups excluding tert-OH is 15. The van der Waals surface area contributed by atoms with Crippen molar-refractivity contribution in [3.8, 4) is 0 Å². The molecule has 0 saturated carbocycles. The van der Waals surface area contributed by atoms with E-state index in [2.05, 4.69) is 5.32 Å². The second kappa shape index (κ2) is 34.3. The Morgan fingerprint density at radius 2 is 0.684 bits per heavy atom. The normalized spacial score (nSPS) is 18.6. The Hall–Kier alpha value is -1.41. The second-order valence-electron chi connectivity index (χ2n) is 12.9. The van der Waals surface area contributed by atoms with Gasteiger partial charge in [0.1, 0.15) is 54.9 Å². The highest BCUT2D eigenvalue weighted by Crippen LogP contribution is 2.11. The molecule has 1 amide bonds. The molecule has 0 bridgehead atoms. The van der Waals surface area contributed by atoms with Crippen molar-refractivity contribution in [1.82, 2.24) is 10.2 Å². The van der Waals surface area contributed by atoms with E-state index in [0.29, 0.717) is 26.4 Å². The summed E-state index contributed by atoms with van der Waals surface area (Å²) in [6.45, 7) is -1.16. The number of amides is 1. The molecule has 0 saturated heterocycles. The van der Waals surface area contributed by atoms with Crippen molar-refractivity contribution < 1.29 is 110 Å². The van der Waals surface area contributed by atoms with Crippen molar-refractivity contribution >= 4 is 5.91 Å². The van der Waals surface area contributed by atoms with Crippen LogP contribution in [0, 0.1) is 0 Å². The number of carbonyl (C=O) groups excluding carboxylic acids is 1. The third-order valence-electron chi connectivity index (χ3n) is 8.26. The molecule has 0 rings (SSSR count). The largest absolute Gasteiger partial charge is 0.394 e. The van der Waals surface area contributed by atoms with Gasteiger partial charge in [0.2, 0.25) is 5.91 Å². The fraction of sp³-hybridized carbons (Fsp3) is 0.970. The second-order valence-corrected chi connectivity index (χ2v) is 12.9. The van der Waals surface area contributed by atoms with Crippen molar-refractivity contribution in [1.29, 1.82) is 0 Å². The maximum atomic E-state index is 11.8. The van der Waals surface area contributed by atoms with Gasteiger partial charge < -0.3 is 110 Å². The van der Waals surface area contributed by atoms with Gasteiger partial charge >= 0.3 is 0 Å². The van der Waals surface area contributed by atoms with Crippen LogP contribution in [0.2, 0.25) is 0 Å². The van der Waals surface area contributed by atoms with Crippen LogP contribution in [0.1, 0.15) is 6.42 Å². The van der Waals surface area contributed by atoms with Crippen LogP contribution in [0.25, 0.3) is 0 Å². The highest BCUT2D eigenvalue weighted by molar-refractivity contribution is 5.75. The fourth-order valence-corrected chi connectivity index (χ4v) is 4.68. The number of nitrogens with one attached hydrogen (secondary N) is 1. The topological polar surface area (TPSA) is 391 Å². The Morgan fingerprint density at radius 3 is 1.02 bits per heavy atom. The molecule has 0 aliphatic rings. The van der Waals surface area contributed by atoms with E-state index in [-0.39, 0.29) is 72.4 Å². The summed E-state index contributed by atoms with van der Waals surface area (Å²) in [5.41, 5.74) is 0. The first-order chi connectivity index (χ1) is 27.1. The van der Waals surface area contributed by atoms with Gasteiger partial charge in [-0.15, -0.1) is 0 Å². The maximum absolute atomic E-state index is 11.8. The first-order valence-corrected chi connectivity index (χ1v) is 18.6. The highest BCUT2D eigenvalue weighted by atomic mass is 16.6. The van der Waals surface area contributed by atoms with Crippen LogP contribution >= 0.6 is 0 Å². The average Bonchev–Trinajstić information content (AvgIpc) is 3.21. The quantitative estimate of drug-likeness (QED) is 0.0255. The summed E-state index contributed by atoms with van der Waals surface area (Å²) >= 11 is 0. The summed E-state index contributed by atoms with van der Waals surface area (Å²) in [6, 6.07) is 0. The minimum Gasteiger partial charge on any atom is -0.394 e. The number of carbonyl (C=O) groups is 1. The molecule has 0 fully saturated rings. The molecule has 0 radical (unpaired) electrons. The van der Waals surface area contributed by atoms with E-state index in [1.807, 2.05) is 0 Å². The molecule has 0 heterocycles. The van der Waals surface area contributed by atoms with Crippen LogP contribution in [0.5, 0.6) is 0 Å². The predicted molar refractivity (Wildman–Crippen MR) is 192 cm³/mol. The molecule has 0 aliphatic heterocycles. The van der Waals surface area contributed by atoms with Gasteiger partial charge in [-0.05, 0) is 0 Å². The minimum absolute atomic E-state index is 0.00450. The number of ether oxygens (including phenoxy) is 6. The van der Waals surface area contributed by atoms with E-state index in [9.17, 15) is 66.1 Å². The summed E-state index contributed by atoms with van der Waals surface area (Å²) in [6.07, 6.45) is -21.2. The molecule has 0 aliphatic carbocycles. The van der Waals surface area contributed by atoms with E-state index in [1.165, 1.54) is 4.90 Å². The van der Waals surface area contributed by atoms with Gasteiger partial charge in [-0.25, -0.2) is 0 Å². The van der Waals surface area contributed by atoms with Crippen LogP contribution in [0.15, 0.2) is 0 Å². The van der Waals surface area contributed by atoms with Gasteiger partial charge in [0.25, 0.3) is 0 Å². The standard InChI is InChI=1S/C33H68N2O22/c36-18-24(42)31(49)28(46)21(39)15-34-27(45)1-3-52-5-7-54-9-11-56-13-14-57-12-10-55-8-6-53-4-2-35(16-22(40)29(47)32(50)25(43)19-37)17-23(41)30(48)33(51)26(44)20-38/h21-26,28-33,36-44,46-51H,1-20H2,(H,34,45)/t21-,22-,23-,24+,25+,26+,28+,29+,30+,31+,32+,33+/m0/s1. The summed E-state index contributed by atoms with van der Waals surface area (Å²) in [4.78, 5) is 13.1. The van der Waals surface area contributed by atoms with Crippen molar-refractivity contribution in [3.63, 3.8) is 0 Å². The van der Waals surface area contributed by atoms with Gasteiger partial charge in [0, 0.05) is 32.6 Å². The molecule has 24 nitrogen and oxygen atoms in total. The zero-order valence-electron chi connectivity index (χ0n) is 32.1. The van der Waals surface area contributed by atoms with Crippen LogP contribution in [0.4, 0.5) is 0 Å². The summed E-state index contributed by atoms with van der Waals surface area (Å²) in [5.74, 6) is -0.474. The van der Waals surface area contributed by atoms with E-state index in [1.54, 1.807) is 0 Å². The van der Waals surface area contributed by atoms with E-state index in [4.69, 9.17) is 43.7 Å². The van der Waals surface area contributed by atoms with Gasteiger partial charge in [0.15, 0.2) is 0 Å². The van der Waals surface area contributed by atoms with E-state index >= 15 is 0 Å². The SMILES string of the molecule is O=C(CCOCCOCCOCCOCCOCCOCCN(C[C@H](O)[C@@H](O)[C@H](O)[C@H](O)CO)C[C@H](O)[C@@H](O)[C@H](O)[C@H](O)CO)NC[C@H](O)[C@@H](O)[C@H](O)[C@H](O)CO. The van der Waals surface area contributed by atoms with Crippen LogP contribution in [-0.4, -0.2) is 286 Å². The molecule has 342 valence electrons. The Kier molecular flexibility index (Phi) is 33.5. The first-order valence-electron chi connectivity index (χ1n) is 18.6. The lowest BCUT2D eigenvalue weighted by molar-refractivity contribution is -0.131. The van der Waals surface area contributed by atoms with E-state index in [0.717, 1.165) is 0 Å². The predicted octanol–water partition coefficient (Wildman–Crippen LogP) is -9.80. The van der Waals surface area contributed by atoms with Gasteiger partial charge in [-0.1, -0.05) is 0 Å². The molecule has 0 aromatic rings. The molecule has 0 aromatic carbocycles. The molecule has 0 unspecified atom stereocenters. The molecular weight excluding hydrogens is 776 g/mol. The zero-order valence-corrected chi connectivity index (χ0v) is 32.1. The molecule has 16 N–H and O–H groups in total. The monoisotopic (exact) mass is 844 g/mol. The van der Waals surface area contributed by atoms with Crippen LogP contribution < -0.4 is 5.32 Å². The maximum Gasteiger partial charge on any atom is 0.222 e. The number of hydrogen-bond donors (Lipinski definition) is 16. The van der Waals surface area contributed by atoms with Gasteiger partial charge in [-0.3, -0.25) is 9.69 Å². The molecular formula is C33H68N2O22. The Morgan fingerprint density at radius 1 is 0.404 bits per heavy atom. The molecule has 57 heavy (non-hydrogen) atoms. The first kappa shape index (κ1) is 55.6. The lowest BCUT2D eigenvalue weighted by Crippen LogP contribution is -2.53. The third kappa shape index (κ3) is 25.7. The van der Waals surface area contributed by atoms with Crippen molar-refractivity contribution in [2.24, 2.45) is 0 Å². The van der Waals surface area contributed by atoms with Crippen molar-refractivity contribution in [2.45, 2.75) is 79.7 Å². The Balaban J connectivity index is 4.03. The summed E-state index contributed by atoms with van der Waals surface area (Å²) in [5, 5.41) is 147. The molecule has 0 aromatic heterocycles. The van der Waals surface area contributed by atoms with Gasteiger partial charge in [-0.2, -0.15) is 0 Å². The Bertz CT molecular complexity index is 920. The fourth-order valence-electron chi connectivity index (χ4n) is 4.68. The number of rotatable bonds is 39. The third-order valence-corrected chi connectivity index (χ3v) is 8.26. The number of aliphatic hydroxyl groups is 15.